The second-order valence-electron chi connectivity index (χ2n) is 6.37. The minimum atomic E-state index is 0.0646. The summed E-state index contributed by atoms with van der Waals surface area (Å²) >= 11 is 0. The third kappa shape index (κ3) is 4.34. The van der Waals surface area contributed by atoms with Crippen molar-refractivity contribution in [2.45, 2.75) is 32.7 Å². The molecule has 1 amide bonds. The van der Waals surface area contributed by atoms with E-state index in [1.54, 1.807) is 0 Å². The fourth-order valence-electron chi connectivity index (χ4n) is 3.01. The average Bonchev–Trinajstić information content (AvgIpc) is 2.39. The zero-order valence-corrected chi connectivity index (χ0v) is 12.8. The molecule has 0 saturated carbocycles. The van der Waals surface area contributed by atoms with Crippen molar-refractivity contribution in [3.05, 3.63) is 35.9 Å². The van der Waals surface area contributed by atoms with Crippen molar-refractivity contribution in [2.75, 3.05) is 20.1 Å². The molecule has 2 atom stereocenters. The van der Waals surface area contributed by atoms with Crippen LogP contribution in [0.1, 0.15) is 25.8 Å². The highest BCUT2D eigenvalue weighted by Crippen LogP contribution is 2.20. The molecule has 1 aliphatic heterocycles. The van der Waals surface area contributed by atoms with Gasteiger partial charge < -0.3 is 10.2 Å². The van der Waals surface area contributed by atoms with Crippen molar-refractivity contribution in [1.82, 2.24) is 10.2 Å². The highest BCUT2D eigenvalue weighted by atomic mass is 16.1. The molecule has 20 heavy (non-hydrogen) atoms. The number of hydrogen-bond donors (Lipinski definition) is 1. The van der Waals surface area contributed by atoms with Crippen molar-refractivity contribution >= 4 is 5.91 Å². The van der Waals surface area contributed by atoms with Crippen molar-refractivity contribution in [1.29, 1.82) is 0 Å². The largest absolute Gasteiger partial charge is 0.352 e. The number of nitrogens with zero attached hydrogens (tertiary/aromatic N) is 1. The summed E-state index contributed by atoms with van der Waals surface area (Å²) in [6, 6.07) is 10.9. The number of benzene rings is 1. The molecule has 1 N–H and O–H groups in total. The number of likely N-dealkylation sites (tertiary alicyclic amines) is 1. The summed E-state index contributed by atoms with van der Waals surface area (Å²) in [7, 11) is 2.14. The van der Waals surface area contributed by atoms with Crippen LogP contribution in [0.15, 0.2) is 30.3 Å². The van der Waals surface area contributed by atoms with Crippen LogP contribution in [0.25, 0.3) is 0 Å². The maximum absolute atomic E-state index is 11.9. The first-order valence-electron chi connectivity index (χ1n) is 7.57. The smallest absolute Gasteiger partial charge is 0.222 e. The summed E-state index contributed by atoms with van der Waals surface area (Å²) < 4.78 is 0. The van der Waals surface area contributed by atoms with E-state index >= 15 is 0 Å². The molecule has 0 aliphatic carbocycles. The Kier molecular flexibility index (Phi) is 5.18. The van der Waals surface area contributed by atoms with E-state index < -0.39 is 0 Å². The molecule has 0 aromatic heterocycles. The van der Waals surface area contributed by atoms with Gasteiger partial charge in [0, 0.05) is 25.0 Å². The molecule has 0 bridgehead atoms. The van der Waals surface area contributed by atoms with E-state index in [4.69, 9.17) is 0 Å². The summed E-state index contributed by atoms with van der Waals surface area (Å²) in [6.45, 7) is 5.97. The van der Waals surface area contributed by atoms with Gasteiger partial charge in [-0.25, -0.2) is 0 Å². The first kappa shape index (κ1) is 15.0. The van der Waals surface area contributed by atoms with Crippen LogP contribution in [-0.2, 0) is 11.2 Å². The number of rotatable bonds is 4. The number of carbonyl (C=O) groups is 1. The molecule has 3 heteroatoms. The van der Waals surface area contributed by atoms with Gasteiger partial charge in [-0.05, 0) is 31.4 Å². The maximum Gasteiger partial charge on any atom is 0.222 e. The quantitative estimate of drug-likeness (QED) is 0.914. The van der Waals surface area contributed by atoms with Crippen molar-refractivity contribution in [2.24, 2.45) is 11.8 Å². The lowest BCUT2D eigenvalue weighted by atomic mass is 9.89. The summed E-state index contributed by atoms with van der Waals surface area (Å²) in [5.74, 6) is 0.854. The topological polar surface area (TPSA) is 32.3 Å². The van der Waals surface area contributed by atoms with E-state index in [-0.39, 0.29) is 17.9 Å². The summed E-state index contributed by atoms with van der Waals surface area (Å²) in [5.41, 5.74) is 1.39. The molecule has 2 rings (SSSR count). The predicted octanol–water partition coefficient (Wildman–Crippen LogP) is 2.32. The minimum absolute atomic E-state index is 0.0646. The average molecular weight is 274 g/mol. The Morgan fingerprint density at radius 2 is 2.00 bits per heavy atom. The molecule has 3 nitrogen and oxygen atoms in total. The number of amides is 1. The van der Waals surface area contributed by atoms with Crippen LogP contribution in [0.4, 0.5) is 0 Å². The van der Waals surface area contributed by atoms with E-state index in [1.165, 1.54) is 5.56 Å². The summed E-state index contributed by atoms with van der Waals surface area (Å²) in [6.07, 6.45) is 2.18. The van der Waals surface area contributed by atoms with Crippen LogP contribution in [0, 0.1) is 11.8 Å². The predicted molar refractivity (Wildman–Crippen MR) is 82.5 cm³/mol. The maximum atomic E-state index is 11.9. The van der Waals surface area contributed by atoms with Crippen molar-refractivity contribution < 1.29 is 4.79 Å². The normalized spacial score (nSPS) is 23.8. The number of hydrogen-bond acceptors (Lipinski definition) is 2. The minimum Gasteiger partial charge on any atom is -0.352 e. The van der Waals surface area contributed by atoms with Crippen LogP contribution < -0.4 is 5.32 Å². The van der Waals surface area contributed by atoms with Gasteiger partial charge in [0.25, 0.3) is 0 Å². The highest BCUT2D eigenvalue weighted by Gasteiger charge is 2.26. The molecule has 1 saturated heterocycles. The Morgan fingerprint density at radius 1 is 1.30 bits per heavy atom. The summed E-state index contributed by atoms with van der Waals surface area (Å²) in [4.78, 5) is 14.2. The Labute approximate surface area is 122 Å². The molecular weight excluding hydrogens is 248 g/mol. The first-order chi connectivity index (χ1) is 9.54. The molecule has 110 valence electrons. The van der Waals surface area contributed by atoms with Gasteiger partial charge in [0.1, 0.15) is 0 Å². The number of carbonyl (C=O) groups excluding carboxylic acids is 1. The molecule has 1 aliphatic rings. The highest BCUT2D eigenvalue weighted by molar-refractivity contribution is 5.78. The van der Waals surface area contributed by atoms with Gasteiger partial charge in [0.2, 0.25) is 5.91 Å². The van der Waals surface area contributed by atoms with Crippen LogP contribution in [0.2, 0.25) is 0 Å². The van der Waals surface area contributed by atoms with E-state index in [2.05, 4.69) is 47.6 Å². The summed E-state index contributed by atoms with van der Waals surface area (Å²) in [5, 5.41) is 3.18. The monoisotopic (exact) mass is 274 g/mol. The Morgan fingerprint density at radius 3 is 2.65 bits per heavy atom. The first-order valence-corrected chi connectivity index (χ1v) is 7.57. The van der Waals surface area contributed by atoms with Crippen LogP contribution in [0.5, 0.6) is 0 Å². The van der Waals surface area contributed by atoms with Gasteiger partial charge in [-0.1, -0.05) is 44.2 Å². The van der Waals surface area contributed by atoms with E-state index in [1.807, 2.05) is 13.8 Å². The van der Waals surface area contributed by atoms with Crippen LogP contribution in [0.3, 0.4) is 0 Å². The Bertz CT molecular complexity index is 430. The zero-order valence-electron chi connectivity index (χ0n) is 12.8. The third-order valence-corrected chi connectivity index (χ3v) is 3.96. The van der Waals surface area contributed by atoms with E-state index in [0.717, 1.165) is 25.9 Å². The lowest BCUT2D eigenvalue weighted by Crippen LogP contribution is -2.50. The Balaban J connectivity index is 1.92. The zero-order chi connectivity index (χ0) is 14.5. The molecule has 1 fully saturated rings. The SMILES string of the molecule is CC(C)C(=O)NC1CC(Cc2ccccc2)CN(C)C1. The molecule has 0 spiro atoms. The van der Waals surface area contributed by atoms with Crippen LogP contribution >= 0.6 is 0 Å². The fraction of sp³-hybridized carbons (Fsp3) is 0.588. The molecule has 1 aromatic rings. The number of likely N-dealkylation sites (N-methyl/N-ethyl adjacent to an activating group) is 1. The standard InChI is InChI=1S/C17H26N2O/c1-13(2)17(20)18-16-10-15(11-19(3)12-16)9-14-7-5-4-6-8-14/h4-8,13,15-16H,9-12H2,1-3H3,(H,18,20). The second kappa shape index (κ2) is 6.89. The number of nitrogens with one attached hydrogen (secondary N) is 1. The van der Waals surface area contributed by atoms with Gasteiger partial charge in [-0.3, -0.25) is 4.79 Å². The lowest BCUT2D eigenvalue weighted by Gasteiger charge is -2.36. The van der Waals surface area contributed by atoms with Gasteiger partial charge in [-0.15, -0.1) is 0 Å². The molecular formula is C17H26N2O. The van der Waals surface area contributed by atoms with Gasteiger partial charge in [-0.2, -0.15) is 0 Å². The number of piperidine rings is 1. The van der Waals surface area contributed by atoms with E-state index in [0.29, 0.717) is 5.92 Å². The van der Waals surface area contributed by atoms with Gasteiger partial charge >= 0.3 is 0 Å². The van der Waals surface area contributed by atoms with Crippen molar-refractivity contribution in [3.8, 4) is 0 Å². The van der Waals surface area contributed by atoms with Gasteiger partial charge in [0.15, 0.2) is 0 Å². The fourth-order valence-corrected chi connectivity index (χ4v) is 3.01. The van der Waals surface area contributed by atoms with Gasteiger partial charge in [0.05, 0.1) is 0 Å². The lowest BCUT2D eigenvalue weighted by molar-refractivity contribution is -0.125. The van der Waals surface area contributed by atoms with Crippen molar-refractivity contribution in [3.63, 3.8) is 0 Å². The van der Waals surface area contributed by atoms with E-state index in [9.17, 15) is 4.79 Å². The molecule has 1 aromatic carbocycles. The second-order valence-corrected chi connectivity index (χ2v) is 6.37. The van der Waals surface area contributed by atoms with Crippen LogP contribution in [-0.4, -0.2) is 37.0 Å². The molecule has 0 radical (unpaired) electrons. The Hall–Kier alpha value is -1.35. The molecule has 1 heterocycles. The third-order valence-electron chi connectivity index (χ3n) is 3.96. The molecule has 2 unspecified atom stereocenters.